The molecule has 8 nitrogen and oxygen atoms in total. The van der Waals surface area contributed by atoms with E-state index in [9.17, 15) is 9.59 Å². The SMILES string of the molecule is COc1ccc(N2CCN(C(=O)COC(=O)Cc3coc4cc(OC)ccc34)CC2)cc1. The zero-order valence-corrected chi connectivity index (χ0v) is 18.2. The second-order valence-electron chi connectivity index (χ2n) is 7.53. The Morgan fingerprint density at radius 1 is 0.938 bits per heavy atom. The predicted octanol–water partition coefficient (Wildman–Crippen LogP) is 2.88. The summed E-state index contributed by atoms with van der Waals surface area (Å²) in [4.78, 5) is 28.7. The first-order valence-electron chi connectivity index (χ1n) is 10.4. The molecule has 8 heteroatoms. The summed E-state index contributed by atoms with van der Waals surface area (Å²) >= 11 is 0. The van der Waals surface area contributed by atoms with E-state index in [0.29, 0.717) is 30.0 Å². The molecular formula is C24H26N2O6. The van der Waals surface area contributed by atoms with Crippen LogP contribution in [-0.4, -0.2) is 63.8 Å². The molecule has 2 heterocycles. The largest absolute Gasteiger partial charge is 0.497 e. The van der Waals surface area contributed by atoms with Crippen molar-refractivity contribution in [3.05, 3.63) is 54.3 Å². The van der Waals surface area contributed by atoms with Crippen molar-refractivity contribution in [3.63, 3.8) is 0 Å². The Morgan fingerprint density at radius 3 is 2.31 bits per heavy atom. The van der Waals surface area contributed by atoms with Crippen molar-refractivity contribution in [2.75, 3.05) is 51.9 Å². The van der Waals surface area contributed by atoms with Gasteiger partial charge in [-0.3, -0.25) is 9.59 Å². The maximum absolute atomic E-state index is 12.5. The monoisotopic (exact) mass is 438 g/mol. The Bertz CT molecular complexity index is 1080. The molecule has 0 unspecified atom stereocenters. The van der Waals surface area contributed by atoms with Gasteiger partial charge in [0.25, 0.3) is 5.91 Å². The molecule has 0 aliphatic carbocycles. The molecule has 3 aromatic rings. The number of carbonyl (C=O) groups excluding carboxylic acids is 2. The van der Waals surface area contributed by atoms with E-state index in [0.717, 1.165) is 29.9 Å². The van der Waals surface area contributed by atoms with Gasteiger partial charge < -0.3 is 28.4 Å². The number of amides is 1. The van der Waals surface area contributed by atoms with Crippen molar-refractivity contribution in [1.82, 2.24) is 4.90 Å². The summed E-state index contributed by atoms with van der Waals surface area (Å²) in [5, 5.41) is 0.823. The number of fused-ring (bicyclic) bond motifs is 1. The molecule has 1 aromatic heterocycles. The predicted molar refractivity (Wildman–Crippen MR) is 119 cm³/mol. The Morgan fingerprint density at radius 2 is 1.62 bits per heavy atom. The lowest BCUT2D eigenvalue weighted by Gasteiger charge is -2.36. The standard InChI is InChI=1S/C24H26N2O6/c1-29-19-5-3-18(4-6-19)25-9-11-26(12-10-25)23(27)16-32-24(28)13-17-15-31-22-14-20(30-2)7-8-21(17)22/h3-8,14-15H,9-13,16H2,1-2H3. The molecule has 1 fully saturated rings. The molecule has 0 radical (unpaired) electrons. The van der Waals surface area contributed by atoms with E-state index in [-0.39, 0.29) is 18.9 Å². The number of hydrogen-bond acceptors (Lipinski definition) is 7. The summed E-state index contributed by atoms with van der Waals surface area (Å²) in [6.45, 7) is 2.34. The van der Waals surface area contributed by atoms with E-state index >= 15 is 0 Å². The lowest BCUT2D eigenvalue weighted by molar-refractivity contribution is -0.151. The molecule has 1 aliphatic rings. The number of esters is 1. The highest BCUT2D eigenvalue weighted by molar-refractivity contribution is 5.87. The molecule has 0 spiro atoms. The first kappa shape index (κ1) is 21.5. The van der Waals surface area contributed by atoms with Crippen LogP contribution in [0.4, 0.5) is 5.69 Å². The minimum atomic E-state index is -0.464. The van der Waals surface area contributed by atoms with E-state index in [1.807, 2.05) is 36.4 Å². The smallest absolute Gasteiger partial charge is 0.310 e. The molecule has 4 rings (SSSR count). The molecule has 2 aromatic carbocycles. The number of benzene rings is 2. The van der Waals surface area contributed by atoms with Gasteiger partial charge in [-0.1, -0.05) is 0 Å². The third kappa shape index (κ3) is 4.80. The molecule has 0 N–H and O–H groups in total. The first-order chi connectivity index (χ1) is 15.6. The molecule has 32 heavy (non-hydrogen) atoms. The van der Waals surface area contributed by atoms with Crippen LogP contribution in [-0.2, 0) is 20.7 Å². The van der Waals surface area contributed by atoms with E-state index in [1.165, 1.54) is 6.26 Å². The lowest BCUT2D eigenvalue weighted by Crippen LogP contribution is -2.49. The van der Waals surface area contributed by atoms with Gasteiger partial charge in [0.1, 0.15) is 17.1 Å². The second kappa shape index (κ2) is 9.64. The molecule has 1 amide bonds. The molecular weight excluding hydrogens is 412 g/mol. The van der Waals surface area contributed by atoms with E-state index in [1.54, 1.807) is 25.2 Å². The van der Waals surface area contributed by atoms with Crippen molar-refractivity contribution in [2.45, 2.75) is 6.42 Å². The fraction of sp³-hybridized carbons (Fsp3) is 0.333. The normalized spacial score (nSPS) is 13.8. The third-order valence-corrected chi connectivity index (χ3v) is 5.62. The zero-order chi connectivity index (χ0) is 22.5. The quantitative estimate of drug-likeness (QED) is 0.525. The first-order valence-corrected chi connectivity index (χ1v) is 10.4. The number of hydrogen-bond donors (Lipinski definition) is 0. The van der Waals surface area contributed by atoms with Gasteiger partial charge in [0.2, 0.25) is 0 Å². The molecule has 0 saturated carbocycles. The van der Waals surface area contributed by atoms with E-state index in [4.69, 9.17) is 18.6 Å². The molecule has 0 atom stereocenters. The van der Waals surface area contributed by atoms with Gasteiger partial charge in [0.05, 0.1) is 26.9 Å². The van der Waals surface area contributed by atoms with Gasteiger partial charge in [0, 0.05) is 48.9 Å². The van der Waals surface area contributed by atoms with Crippen LogP contribution in [0.1, 0.15) is 5.56 Å². The maximum Gasteiger partial charge on any atom is 0.310 e. The van der Waals surface area contributed by atoms with Crippen LogP contribution in [0.15, 0.2) is 53.1 Å². The highest BCUT2D eigenvalue weighted by Crippen LogP contribution is 2.26. The van der Waals surface area contributed by atoms with Gasteiger partial charge in [0.15, 0.2) is 6.61 Å². The van der Waals surface area contributed by atoms with Crippen LogP contribution < -0.4 is 14.4 Å². The highest BCUT2D eigenvalue weighted by Gasteiger charge is 2.22. The number of carbonyl (C=O) groups is 2. The Hall–Kier alpha value is -3.68. The fourth-order valence-corrected chi connectivity index (χ4v) is 3.77. The summed E-state index contributed by atoms with van der Waals surface area (Å²) in [5.41, 5.74) is 2.44. The number of piperazine rings is 1. The van der Waals surface area contributed by atoms with Gasteiger partial charge in [-0.15, -0.1) is 0 Å². The van der Waals surface area contributed by atoms with E-state index in [2.05, 4.69) is 4.90 Å². The molecule has 1 saturated heterocycles. The van der Waals surface area contributed by atoms with Crippen molar-refractivity contribution in [3.8, 4) is 11.5 Å². The van der Waals surface area contributed by atoms with Crippen LogP contribution in [0.25, 0.3) is 11.0 Å². The summed E-state index contributed by atoms with van der Waals surface area (Å²) in [5.74, 6) is 0.842. The van der Waals surface area contributed by atoms with Crippen LogP contribution in [0, 0.1) is 0 Å². The number of nitrogens with zero attached hydrogens (tertiary/aromatic N) is 2. The Kier molecular flexibility index (Phi) is 6.49. The average Bonchev–Trinajstić information content (AvgIpc) is 3.24. The Balaban J connectivity index is 1.24. The van der Waals surface area contributed by atoms with Crippen molar-refractivity contribution in [2.24, 2.45) is 0 Å². The summed E-state index contributed by atoms with van der Waals surface area (Å²) in [6.07, 6.45) is 1.57. The minimum Gasteiger partial charge on any atom is -0.497 e. The van der Waals surface area contributed by atoms with Gasteiger partial charge >= 0.3 is 5.97 Å². The van der Waals surface area contributed by atoms with E-state index < -0.39 is 5.97 Å². The molecule has 168 valence electrons. The van der Waals surface area contributed by atoms with Crippen molar-refractivity contribution in [1.29, 1.82) is 0 Å². The number of ether oxygens (including phenoxy) is 3. The Labute approximate surface area is 186 Å². The number of methoxy groups -OCH3 is 2. The topological polar surface area (TPSA) is 81.5 Å². The number of rotatable bonds is 7. The summed E-state index contributed by atoms with van der Waals surface area (Å²) < 4.78 is 21.1. The number of furan rings is 1. The minimum absolute atomic E-state index is 0.0395. The van der Waals surface area contributed by atoms with Crippen LogP contribution >= 0.6 is 0 Å². The zero-order valence-electron chi connectivity index (χ0n) is 18.2. The second-order valence-corrected chi connectivity index (χ2v) is 7.53. The van der Waals surface area contributed by atoms with Gasteiger partial charge in [-0.05, 0) is 36.4 Å². The average molecular weight is 438 g/mol. The number of anilines is 1. The van der Waals surface area contributed by atoms with Gasteiger partial charge in [-0.2, -0.15) is 0 Å². The lowest BCUT2D eigenvalue weighted by atomic mass is 10.1. The van der Waals surface area contributed by atoms with Crippen molar-refractivity contribution >= 4 is 28.5 Å². The summed E-state index contributed by atoms with van der Waals surface area (Å²) in [6, 6.07) is 13.3. The van der Waals surface area contributed by atoms with Crippen LogP contribution in [0.5, 0.6) is 11.5 Å². The maximum atomic E-state index is 12.5. The molecule has 1 aliphatic heterocycles. The third-order valence-electron chi connectivity index (χ3n) is 5.62. The fourth-order valence-electron chi connectivity index (χ4n) is 3.77. The summed E-state index contributed by atoms with van der Waals surface area (Å²) in [7, 11) is 3.22. The molecule has 0 bridgehead atoms. The van der Waals surface area contributed by atoms with Gasteiger partial charge in [-0.25, -0.2) is 0 Å². The van der Waals surface area contributed by atoms with Crippen LogP contribution in [0.2, 0.25) is 0 Å². The van der Waals surface area contributed by atoms with Crippen molar-refractivity contribution < 1.29 is 28.2 Å². The van der Waals surface area contributed by atoms with Crippen LogP contribution in [0.3, 0.4) is 0 Å². The highest BCUT2D eigenvalue weighted by atomic mass is 16.5.